The number of para-hydroxylation sites is 1. The summed E-state index contributed by atoms with van der Waals surface area (Å²) in [6, 6.07) is 17.8. The van der Waals surface area contributed by atoms with E-state index in [0.717, 1.165) is 37.0 Å². The Labute approximate surface area is 146 Å². The Morgan fingerprint density at radius 2 is 1.88 bits per heavy atom. The Morgan fingerprint density at radius 1 is 1.08 bits per heavy atom. The molecule has 122 valence electrons. The average molecular weight is 339 g/mol. The van der Waals surface area contributed by atoms with E-state index < -0.39 is 0 Å². The van der Waals surface area contributed by atoms with Crippen molar-refractivity contribution in [3.63, 3.8) is 0 Å². The molecule has 0 spiro atoms. The zero-order chi connectivity index (χ0) is 16.5. The fraction of sp³-hybridized carbons (Fsp3) is 0.250. The zero-order valence-corrected chi connectivity index (χ0v) is 14.1. The van der Waals surface area contributed by atoms with Crippen LogP contribution in [0.3, 0.4) is 0 Å². The van der Waals surface area contributed by atoms with E-state index in [0.29, 0.717) is 10.6 Å². The first-order valence-electron chi connectivity index (χ1n) is 8.37. The van der Waals surface area contributed by atoms with Gasteiger partial charge in [-0.15, -0.1) is 0 Å². The predicted octanol–water partition coefficient (Wildman–Crippen LogP) is 5.19. The molecule has 1 amide bonds. The lowest BCUT2D eigenvalue weighted by Gasteiger charge is -2.35. The van der Waals surface area contributed by atoms with Crippen molar-refractivity contribution in [2.24, 2.45) is 0 Å². The summed E-state index contributed by atoms with van der Waals surface area (Å²) in [6.45, 7) is 0.768. The molecule has 0 radical (unpaired) electrons. The Bertz CT molecular complexity index is 853. The average Bonchev–Trinajstić information content (AvgIpc) is 3.05. The fourth-order valence-corrected chi connectivity index (χ4v) is 3.78. The summed E-state index contributed by atoms with van der Waals surface area (Å²) in [7, 11) is 0. The number of halogens is 1. The monoisotopic (exact) mass is 338 g/mol. The summed E-state index contributed by atoms with van der Waals surface area (Å²) in [6.07, 6.45) is 3.14. The van der Waals surface area contributed by atoms with Crippen LogP contribution < -0.4 is 0 Å². The van der Waals surface area contributed by atoms with Crippen LogP contribution in [0.2, 0.25) is 5.02 Å². The molecule has 1 aliphatic rings. The minimum atomic E-state index is 0.0176. The molecule has 24 heavy (non-hydrogen) atoms. The van der Waals surface area contributed by atoms with E-state index in [2.05, 4.69) is 23.2 Å². The number of benzene rings is 2. The first-order chi connectivity index (χ1) is 11.7. The molecular weight excluding hydrogens is 320 g/mol. The fourth-order valence-electron chi connectivity index (χ4n) is 3.56. The van der Waals surface area contributed by atoms with Gasteiger partial charge in [-0.05, 0) is 48.9 Å². The van der Waals surface area contributed by atoms with Gasteiger partial charge in [0.2, 0.25) is 0 Å². The number of carbonyl (C=O) groups excluding carboxylic acids is 1. The van der Waals surface area contributed by atoms with Crippen LogP contribution in [0.15, 0.2) is 54.6 Å². The second-order valence-corrected chi connectivity index (χ2v) is 6.71. The third kappa shape index (κ3) is 2.69. The Morgan fingerprint density at radius 3 is 2.71 bits per heavy atom. The third-order valence-electron chi connectivity index (χ3n) is 4.78. The van der Waals surface area contributed by atoms with Gasteiger partial charge in [0.15, 0.2) is 0 Å². The molecule has 2 heterocycles. The SMILES string of the molecule is O=C(c1ccccc1Cl)N1CCCCC1c1cc2ccccc2[nH]1. The highest BCUT2D eigenvalue weighted by atomic mass is 35.5. The molecule has 0 bridgehead atoms. The highest BCUT2D eigenvalue weighted by Gasteiger charge is 2.30. The molecule has 0 saturated carbocycles. The molecule has 1 saturated heterocycles. The summed E-state index contributed by atoms with van der Waals surface area (Å²) >= 11 is 6.24. The topological polar surface area (TPSA) is 36.1 Å². The van der Waals surface area contributed by atoms with Crippen molar-refractivity contribution in [3.8, 4) is 0 Å². The van der Waals surface area contributed by atoms with Gasteiger partial charge in [-0.25, -0.2) is 0 Å². The lowest BCUT2D eigenvalue weighted by molar-refractivity contribution is 0.0607. The lowest BCUT2D eigenvalue weighted by atomic mass is 9.98. The Balaban J connectivity index is 1.70. The van der Waals surface area contributed by atoms with Crippen LogP contribution in [-0.4, -0.2) is 22.3 Å². The van der Waals surface area contributed by atoms with Gasteiger partial charge in [0, 0.05) is 17.8 Å². The highest BCUT2D eigenvalue weighted by Crippen LogP contribution is 2.34. The maximum Gasteiger partial charge on any atom is 0.255 e. The molecule has 0 aliphatic carbocycles. The Hall–Kier alpha value is -2.26. The number of nitrogens with zero attached hydrogens (tertiary/aromatic N) is 1. The smallest absolute Gasteiger partial charge is 0.255 e. The molecule has 4 heteroatoms. The van der Waals surface area contributed by atoms with Gasteiger partial charge < -0.3 is 9.88 Å². The largest absolute Gasteiger partial charge is 0.357 e. The molecule has 1 N–H and O–H groups in total. The van der Waals surface area contributed by atoms with Gasteiger partial charge in [-0.3, -0.25) is 4.79 Å². The van der Waals surface area contributed by atoms with Gasteiger partial charge >= 0.3 is 0 Å². The third-order valence-corrected chi connectivity index (χ3v) is 5.11. The number of carbonyl (C=O) groups is 1. The second-order valence-electron chi connectivity index (χ2n) is 6.30. The molecule has 3 nitrogen and oxygen atoms in total. The highest BCUT2D eigenvalue weighted by molar-refractivity contribution is 6.33. The molecule has 1 unspecified atom stereocenters. The van der Waals surface area contributed by atoms with E-state index in [1.807, 2.05) is 35.2 Å². The zero-order valence-electron chi connectivity index (χ0n) is 13.3. The van der Waals surface area contributed by atoms with Crippen molar-refractivity contribution >= 4 is 28.4 Å². The number of piperidine rings is 1. The summed E-state index contributed by atoms with van der Waals surface area (Å²) in [4.78, 5) is 18.5. The number of amides is 1. The Kier molecular flexibility index (Phi) is 4.03. The van der Waals surface area contributed by atoms with Crippen molar-refractivity contribution < 1.29 is 4.79 Å². The van der Waals surface area contributed by atoms with Crippen molar-refractivity contribution in [1.82, 2.24) is 9.88 Å². The summed E-state index contributed by atoms with van der Waals surface area (Å²) in [5.41, 5.74) is 2.81. The van der Waals surface area contributed by atoms with Gasteiger partial charge in [0.1, 0.15) is 0 Å². The van der Waals surface area contributed by atoms with Crippen LogP contribution in [0, 0.1) is 0 Å². The van der Waals surface area contributed by atoms with E-state index in [1.54, 1.807) is 6.07 Å². The molecule has 1 fully saturated rings. The molecule has 4 rings (SSSR count). The molecule has 2 aromatic carbocycles. The normalized spacial score (nSPS) is 18.0. The second kappa shape index (κ2) is 6.33. The molecule has 1 aromatic heterocycles. The van der Waals surface area contributed by atoms with Gasteiger partial charge in [-0.1, -0.05) is 41.9 Å². The van der Waals surface area contributed by atoms with E-state index in [4.69, 9.17) is 11.6 Å². The van der Waals surface area contributed by atoms with E-state index >= 15 is 0 Å². The molecule has 1 aliphatic heterocycles. The molecule has 1 atom stereocenters. The van der Waals surface area contributed by atoms with E-state index in [9.17, 15) is 4.79 Å². The number of aromatic nitrogens is 1. The minimum Gasteiger partial charge on any atom is -0.357 e. The summed E-state index contributed by atoms with van der Waals surface area (Å²) in [5, 5.41) is 1.70. The van der Waals surface area contributed by atoms with E-state index in [-0.39, 0.29) is 11.9 Å². The van der Waals surface area contributed by atoms with Crippen molar-refractivity contribution in [2.45, 2.75) is 25.3 Å². The van der Waals surface area contributed by atoms with Gasteiger partial charge in [0.05, 0.1) is 16.6 Å². The lowest BCUT2D eigenvalue weighted by Crippen LogP contribution is -2.38. The number of H-pyrrole nitrogens is 1. The molecule has 3 aromatic rings. The van der Waals surface area contributed by atoms with Crippen molar-refractivity contribution in [2.75, 3.05) is 6.54 Å². The van der Waals surface area contributed by atoms with Crippen LogP contribution in [0.1, 0.15) is 41.4 Å². The number of likely N-dealkylation sites (tertiary alicyclic amines) is 1. The van der Waals surface area contributed by atoms with Crippen LogP contribution in [0.4, 0.5) is 0 Å². The first kappa shape index (κ1) is 15.3. The number of rotatable bonds is 2. The van der Waals surface area contributed by atoms with Gasteiger partial charge in [0.25, 0.3) is 5.91 Å². The van der Waals surface area contributed by atoms with Crippen LogP contribution >= 0.6 is 11.6 Å². The van der Waals surface area contributed by atoms with Crippen LogP contribution in [0.25, 0.3) is 10.9 Å². The minimum absolute atomic E-state index is 0.0176. The quantitative estimate of drug-likeness (QED) is 0.686. The summed E-state index contributed by atoms with van der Waals surface area (Å²) in [5.74, 6) is 0.0176. The maximum atomic E-state index is 13.0. The maximum absolute atomic E-state index is 13.0. The number of hydrogen-bond donors (Lipinski definition) is 1. The standard InChI is InChI=1S/C20H19ClN2O/c21-16-9-3-2-8-15(16)20(24)23-12-6-5-11-19(23)18-13-14-7-1-4-10-17(14)22-18/h1-4,7-10,13,19,22H,5-6,11-12H2. The van der Waals surface area contributed by atoms with Crippen LogP contribution in [0.5, 0.6) is 0 Å². The number of aromatic amines is 1. The number of fused-ring (bicyclic) bond motifs is 1. The summed E-state index contributed by atoms with van der Waals surface area (Å²) < 4.78 is 0. The number of nitrogens with one attached hydrogen (secondary N) is 1. The van der Waals surface area contributed by atoms with Crippen LogP contribution in [-0.2, 0) is 0 Å². The van der Waals surface area contributed by atoms with E-state index in [1.165, 1.54) is 5.39 Å². The van der Waals surface area contributed by atoms with Gasteiger partial charge in [-0.2, -0.15) is 0 Å². The predicted molar refractivity (Wildman–Crippen MR) is 97.4 cm³/mol. The first-order valence-corrected chi connectivity index (χ1v) is 8.75. The number of hydrogen-bond acceptors (Lipinski definition) is 1. The van der Waals surface area contributed by atoms with Crippen molar-refractivity contribution in [1.29, 1.82) is 0 Å². The van der Waals surface area contributed by atoms with Crippen molar-refractivity contribution in [3.05, 3.63) is 70.9 Å². The molecular formula is C20H19ClN2O.